The Morgan fingerprint density at radius 1 is 1.33 bits per heavy atom. The van der Waals surface area contributed by atoms with Gasteiger partial charge in [-0.1, -0.05) is 13.8 Å². The number of rotatable bonds is 6. The van der Waals surface area contributed by atoms with Crippen LogP contribution in [0.4, 0.5) is 16.2 Å². The number of nitrogens with zero attached hydrogens (tertiary/aromatic N) is 1. The summed E-state index contributed by atoms with van der Waals surface area (Å²) in [5.74, 6) is 0.204. The van der Waals surface area contributed by atoms with Crippen LogP contribution >= 0.6 is 0 Å². The molecule has 21 heavy (non-hydrogen) atoms. The lowest BCUT2D eigenvalue weighted by Crippen LogP contribution is -2.32. The zero-order chi connectivity index (χ0) is 16.0. The van der Waals surface area contributed by atoms with Crippen molar-refractivity contribution in [3.8, 4) is 0 Å². The topological polar surface area (TPSA) is 64.6 Å². The highest BCUT2D eigenvalue weighted by molar-refractivity contribution is 5.90. The van der Waals surface area contributed by atoms with Crippen molar-refractivity contribution < 1.29 is 9.90 Å². The summed E-state index contributed by atoms with van der Waals surface area (Å²) in [6.07, 6.45) is 0.176. The molecule has 3 N–H and O–H groups in total. The summed E-state index contributed by atoms with van der Waals surface area (Å²) in [6.45, 7) is 6.34. The van der Waals surface area contributed by atoms with Crippen molar-refractivity contribution in [1.29, 1.82) is 0 Å². The van der Waals surface area contributed by atoms with Gasteiger partial charge in [-0.05, 0) is 43.0 Å². The molecule has 0 aromatic heterocycles. The molecule has 1 atom stereocenters. The van der Waals surface area contributed by atoms with Crippen LogP contribution in [0, 0.1) is 12.8 Å². The zero-order valence-corrected chi connectivity index (χ0v) is 13.6. The number of aryl methyl sites for hydroxylation is 1. The van der Waals surface area contributed by atoms with Crippen molar-refractivity contribution in [2.24, 2.45) is 5.92 Å². The maximum Gasteiger partial charge on any atom is 0.319 e. The van der Waals surface area contributed by atoms with Crippen molar-refractivity contribution in [3.63, 3.8) is 0 Å². The molecule has 1 aromatic rings. The Morgan fingerprint density at radius 2 is 2.00 bits per heavy atom. The Bertz CT molecular complexity index is 473. The molecule has 118 valence electrons. The van der Waals surface area contributed by atoms with Crippen LogP contribution < -0.4 is 15.5 Å². The summed E-state index contributed by atoms with van der Waals surface area (Å²) in [6, 6.07) is 5.64. The summed E-state index contributed by atoms with van der Waals surface area (Å²) in [5, 5.41) is 15.3. The molecule has 0 bridgehead atoms. The number of anilines is 2. The first-order chi connectivity index (χ1) is 9.81. The largest absolute Gasteiger partial charge is 0.393 e. The van der Waals surface area contributed by atoms with Gasteiger partial charge in [-0.3, -0.25) is 0 Å². The van der Waals surface area contributed by atoms with E-state index in [0.29, 0.717) is 13.0 Å². The predicted octanol–water partition coefficient (Wildman–Crippen LogP) is 2.59. The van der Waals surface area contributed by atoms with E-state index in [4.69, 9.17) is 0 Å². The molecule has 5 heteroatoms. The van der Waals surface area contributed by atoms with Crippen LogP contribution in [-0.4, -0.2) is 37.9 Å². The van der Waals surface area contributed by atoms with Gasteiger partial charge in [0.05, 0.1) is 6.10 Å². The Labute approximate surface area is 127 Å². The lowest BCUT2D eigenvalue weighted by Gasteiger charge is -2.17. The smallest absolute Gasteiger partial charge is 0.319 e. The van der Waals surface area contributed by atoms with Gasteiger partial charge < -0.3 is 20.6 Å². The van der Waals surface area contributed by atoms with E-state index in [9.17, 15) is 9.90 Å². The summed E-state index contributed by atoms with van der Waals surface area (Å²) >= 11 is 0. The van der Waals surface area contributed by atoms with Crippen LogP contribution in [0.1, 0.15) is 25.8 Å². The molecule has 0 aliphatic rings. The van der Waals surface area contributed by atoms with E-state index >= 15 is 0 Å². The number of aliphatic hydroxyl groups is 1. The summed E-state index contributed by atoms with van der Waals surface area (Å²) < 4.78 is 0. The van der Waals surface area contributed by atoms with Crippen LogP contribution in [0.15, 0.2) is 18.2 Å². The maximum absolute atomic E-state index is 11.8. The van der Waals surface area contributed by atoms with Gasteiger partial charge in [-0.25, -0.2) is 4.79 Å². The van der Waals surface area contributed by atoms with Crippen molar-refractivity contribution in [2.75, 3.05) is 30.9 Å². The van der Waals surface area contributed by atoms with Gasteiger partial charge in [0.1, 0.15) is 0 Å². The van der Waals surface area contributed by atoms with Gasteiger partial charge in [0.2, 0.25) is 0 Å². The highest BCUT2D eigenvalue weighted by Crippen LogP contribution is 2.21. The molecular weight excluding hydrogens is 266 g/mol. The molecule has 0 aliphatic carbocycles. The minimum atomic E-state index is -0.383. The van der Waals surface area contributed by atoms with Crippen molar-refractivity contribution >= 4 is 17.4 Å². The second-order valence-electron chi connectivity index (χ2n) is 5.87. The SMILES string of the molecule is Cc1cc(N(C)C)ccc1NC(=O)NCCC(O)C(C)C. The second-order valence-corrected chi connectivity index (χ2v) is 5.87. The minimum absolute atomic E-state index is 0.204. The monoisotopic (exact) mass is 293 g/mol. The Balaban J connectivity index is 2.48. The van der Waals surface area contributed by atoms with Crippen molar-refractivity contribution in [2.45, 2.75) is 33.3 Å². The quantitative estimate of drug-likeness (QED) is 0.755. The molecule has 0 heterocycles. The number of carbonyl (C=O) groups excluding carboxylic acids is 1. The van der Waals surface area contributed by atoms with E-state index in [1.165, 1.54) is 0 Å². The van der Waals surface area contributed by atoms with E-state index in [-0.39, 0.29) is 18.1 Å². The number of benzene rings is 1. The van der Waals surface area contributed by atoms with Crippen LogP contribution in [0.5, 0.6) is 0 Å². The predicted molar refractivity (Wildman–Crippen MR) is 88.0 cm³/mol. The third-order valence-electron chi connectivity index (χ3n) is 3.47. The molecule has 1 aromatic carbocycles. The molecule has 0 spiro atoms. The number of carbonyl (C=O) groups is 1. The lowest BCUT2D eigenvalue weighted by molar-refractivity contribution is 0.117. The fourth-order valence-electron chi connectivity index (χ4n) is 1.90. The standard InChI is InChI=1S/C16H27N3O2/c1-11(2)15(20)8-9-17-16(21)18-14-7-6-13(19(4)5)10-12(14)3/h6-7,10-11,15,20H,8-9H2,1-5H3,(H2,17,18,21). The van der Waals surface area contributed by atoms with Crippen LogP contribution in [0.3, 0.4) is 0 Å². The summed E-state index contributed by atoms with van der Waals surface area (Å²) in [4.78, 5) is 13.8. The molecule has 1 rings (SSSR count). The number of urea groups is 1. The van der Waals surface area contributed by atoms with Crippen LogP contribution in [-0.2, 0) is 0 Å². The number of amides is 2. The van der Waals surface area contributed by atoms with Gasteiger partial charge in [0.15, 0.2) is 0 Å². The molecular formula is C16H27N3O2. The van der Waals surface area contributed by atoms with Gasteiger partial charge in [0.25, 0.3) is 0 Å². The summed E-state index contributed by atoms with van der Waals surface area (Å²) in [5.41, 5.74) is 2.90. The van der Waals surface area contributed by atoms with Crippen molar-refractivity contribution in [1.82, 2.24) is 5.32 Å². The molecule has 2 amide bonds. The van der Waals surface area contributed by atoms with Gasteiger partial charge in [-0.15, -0.1) is 0 Å². The number of hydrogen-bond acceptors (Lipinski definition) is 3. The highest BCUT2D eigenvalue weighted by atomic mass is 16.3. The molecule has 0 saturated heterocycles. The minimum Gasteiger partial charge on any atom is -0.393 e. The molecule has 0 radical (unpaired) electrons. The Morgan fingerprint density at radius 3 is 2.52 bits per heavy atom. The maximum atomic E-state index is 11.8. The van der Waals surface area contributed by atoms with Gasteiger partial charge in [0, 0.05) is 32.0 Å². The first-order valence-electron chi connectivity index (χ1n) is 7.32. The van der Waals surface area contributed by atoms with Gasteiger partial charge in [-0.2, -0.15) is 0 Å². The number of hydrogen-bond donors (Lipinski definition) is 3. The summed E-state index contributed by atoms with van der Waals surface area (Å²) in [7, 11) is 3.96. The molecule has 0 saturated carbocycles. The zero-order valence-electron chi connectivity index (χ0n) is 13.6. The lowest BCUT2D eigenvalue weighted by atomic mass is 10.0. The van der Waals surface area contributed by atoms with E-state index in [0.717, 1.165) is 16.9 Å². The van der Waals surface area contributed by atoms with Crippen LogP contribution in [0.2, 0.25) is 0 Å². The Kier molecular flexibility index (Phi) is 6.49. The molecule has 5 nitrogen and oxygen atoms in total. The highest BCUT2D eigenvalue weighted by Gasteiger charge is 2.10. The van der Waals surface area contributed by atoms with E-state index in [1.54, 1.807) is 0 Å². The first-order valence-corrected chi connectivity index (χ1v) is 7.32. The third kappa shape index (κ3) is 5.63. The fraction of sp³-hybridized carbons (Fsp3) is 0.562. The molecule has 1 unspecified atom stereocenters. The number of aliphatic hydroxyl groups excluding tert-OH is 1. The second kappa shape index (κ2) is 7.88. The first kappa shape index (κ1) is 17.3. The Hall–Kier alpha value is -1.75. The fourth-order valence-corrected chi connectivity index (χ4v) is 1.90. The van der Waals surface area contributed by atoms with Gasteiger partial charge >= 0.3 is 6.03 Å². The van der Waals surface area contributed by atoms with Crippen LogP contribution in [0.25, 0.3) is 0 Å². The van der Waals surface area contributed by atoms with E-state index in [1.807, 2.05) is 58.0 Å². The molecule has 0 aliphatic heterocycles. The number of nitrogens with one attached hydrogen (secondary N) is 2. The van der Waals surface area contributed by atoms with E-state index in [2.05, 4.69) is 10.6 Å². The normalized spacial score (nSPS) is 12.1. The van der Waals surface area contributed by atoms with E-state index < -0.39 is 0 Å². The average molecular weight is 293 g/mol. The third-order valence-corrected chi connectivity index (χ3v) is 3.47. The average Bonchev–Trinajstić information content (AvgIpc) is 2.40. The van der Waals surface area contributed by atoms with Crippen molar-refractivity contribution in [3.05, 3.63) is 23.8 Å². The molecule has 0 fully saturated rings.